The predicted octanol–water partition coefficient (Wildman–Crippen LogP) is 0.387. The summed E-state index contributed by atoms with van der Waals surface area (Å²) < 4.78 is 0. The highest BCUT2D eigenvalue weighted by atomic mass is 16.3. The van der Waals surface area contributed by atoms with Gasteiger partial charge in [0.05, 0.1) is 0 Å². The van der Waals surface area contributed by atoms with Gasteiger partial charge in [-0.1, -0.05) is 19.3 Å². The molecule has 2 N–H and O–H groups in total. The van der Waals surface area contributed by atoms with Crippen LogP contribution in [0.1, 0.15) is 19.3 Å². The van der Waals surface area contributed by atoms with E-state index in [1.165, 1.54) is 19.3 Å². The SMILES string of the molecule is OCC(CO)C1CCC1. The van der Waals surface area contributed by atoms with Crippen LogP contribution in [0.15, 0.2) is 0 Å². The largest absolute Gasteiger partial charge is 0.396 e. The van der Waals surface area contributed by atoms with Crippen LogP contribution in [0.4, 0.5) is 0 Å². The van der Waals surface area contributed by atoms with Crippen LogP contribution in [-0.2, 0) is 0 Å². The van der Waals surface area contributed by atoms with Gasteiger partial charge in [0, 0.05) is 19.1 Å². The normalized spacial score (nSPS) is 20.3. The Hall–Kier alpha value is -0.0800. The lowest BCUT2D eigenvalue weighted by Gasteiger charge is -2.31. The average Bonchev–Trinajstić information content (AvgIpc) is 1.78. The number of hydrogen-bond acceptors (Lipinski definition) is 2. The van der Waals surface area contributed by atoms with E-state index in [0.29, 0.717) is 5.92 Å². The summed E-state index contributed by atoms with van der Waals surface area (Å²) in [7, 11) is 0. The fourth-order valence-corrected chi connectivity index (χ4v) is 1.27. The van der Waals surface area contributed by atoms with Gasteiger partial charge in [-0.3, -0.25) is 0 Å². The smallest absolute Gasteiger partial charge is 0.0483 e. The molecule has 1 fully saturated rings. The Morgan fingerprint density at radius 3 is 1.89 bits per heavy atom. The molecule has 1 aliphatic carbocycles. The summed E-state index contributed by atoms with van der Waals surface area (Å²) in [5, 5.41) is 17.4. The third-order valence-electron chi connectivity index (χ3n) is 2.29. The monoisotopic (exact) mass is 130 g/mol. The molecule has 2 nitrogen and oxygen atoms in total. The topological polar surface area (TPSA) is 40.5 Å². The van der Waals surface area contributed by atoms with Crippen LogP contribution in [-0.4, -0.2) is 23.4 Å². The molecule has 0 heterocycles. The minimum atomic E-state index is 0.154. The van der Waals surface area contributed by atoms with Crippen molar-refractivity contribution in [1.29, 1.82) is 0 Å². The first-order chi connectivity index (χ1) is 4.38. The van der Waals surface area contributed by atoms with Crippen molar-refractivity contribution in [3.05, 3.63) is 0 Å². The zero-order valence-corrected chi connectivity index (χ0v) is 5.58. The Labute approximate surface area is 55.5 Å². The molecule has 54 valence electrons. The zero-order valence-electron chi connectivity index (χ0n) is 5.58. The number of aliphatic hydroxyl groups is 2. The lowest BCUT2D eigenvalue weighted by atomic mass is 9.76. The summed E-state index contributed by atoms with van der Waals surface area (Å²) in [6.07, 6.45) is 3.68. The van der Waals surface area contributed by atoms with Crippen molar-refractivity contribution in [3.63, 3.8) is 0 Å². The summed E-state index contributed by atoms with van der Waals surface area (Å²) >= 11 is 0. The van der Waals surface area contributed by atoms with Gasteiger partial charge in [0.2, 0.25) is 0 Å². The van der Waals surface area contributed by atoms with Gasteiger partial charge in [-0.2, -0.15) is 0 Å². The quantitative estimate of drug-likeness (QED) is 0.580. The van der Waals surface area contributed by atoms with Crippen LogP contribution in [0.5, 0.6) is 0 Å². The standard InChI is InChI=1S/C7H14O2/c8-4-7(5-9)6-2-1-3-6/h6-9H,1-5H2. The molecule has 2 heteroatoms. The van der Waals surface area contributed by atoms with Gasteiger partial charge in [-0.15, -0.1) is 0 Å². The van der Waals surface area contributed by atoms with Crippen LogP contribution >= 0.6 is 0 Å². The fraction of sp³-hybridized carbons (Fsp3) is 1.00. The van der Waals surface area contributed by atoms with Crippen molar-refractivity contribution in [2.75, 3.05) is 13.2 Å². The number of rotatable bonds is 3. The van der Waals surface area contributed by atoms with Crippen LogP contribution in [0.2, 0.25) is 0 Å². The molecule has 0 aromatic rings. The Balaban J connectivity index is 2.19. The molecule has 0 atom stereocenters. The molecule has 0 amide bonds. The van der Waals surface area contributed by atoms with Crippen LogP contribution in [0.3, 0.4) is 0 Å². The molecular formula is C7H14O2. The van der Waals surface area contributed by atoms with Gasteiger partial charge in [0.25, 0.3) is 0 Å². The summed E-state index contributed by atoms with van der Waals surface area (Å²) in [4.78, 5) is 0. The summed E-state index contributed by atoms with van der Waals surface area (Å²) in [6.45, 7) is 0.308. The molecule has 0 radical (unpaired) electrons. The Kier molecular flexibility index (Phi) is 2.49. The van der Waals surface area contributed by atoms with Crippen LogP contribution in [0.25, 0.3) is 0 Å². The average molecular weight is 130 g/mol. The maximum absolute atomic E-state index is 8.70. The van der Waals surface area contributed by atoms with Crippen LogP contribution in [0, 0.1) is 11.8 Å². The molecular weight excluding hydrogens is 116 g/mol. The Bertz CT molecular complexity index is 75.0. The van der Waals surface area contributed by atoms with E-state index >= 15 is 0 Å². The molecule has 1 aliphatic rings. The van der Waals surface area contributed by atoms with E-state index in [4.69, 9.17) is 10.2 Å². The highest BCUT2D eigenvalue weighted by Crippen LogP contribution is 2.32. The molecule has 0 saturated heterocycles. The molecule has 0 aliphatic heterocycles. The van der Waals surface area contributed by atoms with Crippen molar-refractivity contribution in [3.8, 4) is 0 Å². The maximum Gasteiger partial charge on any atom is 0.0483 e. The Morgan fingerprint density at radius 1 is 1.22 bits per heavy atom. The predicted molar refractivity (Wildman–Crippen MR) is 35.0 cm³/mol. The molecule has 0 unspecified atom stereocenters. The number of hydrogen-bond donors (Lipinski definition) is 2. The molecule has 0 bridgehead atoms. The van der Waals surface area contributed by atoms with E-state index in [1.807, 2.05) is 0 Å². The maximum atomic E-state index is 8.70. The first-order valence-electron chi connectivity index (χ1n) is 3.60. The van der Waals surface area contributed by atoms with E-state index in [-0.39, 0.29) is 19.1 Å². The van der Waals surface area contributed by atoms with Gasteiger partial charge in [0.15, 0.2) is 0 Å². The molecule has 1 rings (SSSR count). The minimum absolute atomic E-state index is 0.154. The second-order valence-corrected chi connectivity index (χ2v) is 2.82. The highest BCUT2D eigenvalue weighted by Gasteiger charge is 2.25. The molecule has 0 aromatic carbocycles. The summed E-state index contributed by atoms with van der Waals surface area (Å²) in [6, 6.07) is 0. The zero-order chi connectivity index (χ0) is 6.69. The third-order valence-corrected chi connectivity index (χ3v) is 2.29. The van der Waals surface area contributed by atoms with E-state index < -0.39 is 0 Å². The minimum Gasteiger partial charge on any atom is -0.396 e. The van der Waals surface area contributed by atoms with Gasteiger partial charge in [0.1, 0.15) is 0 Å². The lowest BCUT2D eigenvalue weighted by molar-refractivity contribution is 0.0706. The van der Waals surface area contributed by atoms with E-state index in [0.717, 1.165) is 0 Å². The second-order valence-electron chi connectivity index (χ2n) is 2.82. The van der Waals surface area contributed by atoms with Gasteiger partial charge in [-0.25, -0.2) is 0 Å². The molecule has 1 saturated carbocycles. The Morgan fingerprint density at radius 2 is 1.78 bits per heavy atom. The van der Waals surface area contributed by atoms with E-state index in [9.17, 15) is 0 Å². The van der Waals surface area contributed by atoms with E-state index in [2.05, 4.69) is 0 Å². The van der Waals surface area contributed by atoms with Crippen LogP contribution < -0.4 is 0 Å². The first-order valence-corrected chi connectivity index (χ1v) is 3.60. The van der Waals surface area contributed by atoms with Crippen molar-refractivity contribution in [2.24, 2.45) is 11.8 Å². The van der Waals surface area contributed by atoms with Gasteiger partial charge < -0.3 is 10.2 Å². The first kappa shape index (κ1) is 7.03. The lowest BCUT2D eigenvalue weighted by Crippen LogP contribution is -2.27. The molecule has 0 spiro atoms. The van der Waals surface area contributed by atoms with Crippen molar-refractivity contribution in [1.82, 2.24) is 0 Å². The van der Waals surface area contributed by atoms with Crippen molar-refractivity contribution >= 4 is 0 Å². The fourth-order valence-electron chi connectivity index (χ4n) is 1.27. The molecule has 9 heavy (non-hydrogen) atoms. The molecule has 0 aromatic heterocycles. The van der Waals surface area contributed by atoms with E-state index in [1.54, 1.807) is 0 Å². The highest BCUT2D eigenvalue weighted by molar-refractivity contribution is 4.76. The summed E-state index contributed by atoms with van der Waals surface area (Å²) in [5.41, 5.74) is 0. The van der Waals surface area contributed by atoms with Gasteiger partial charge >= 0.3 is 0 Å². The van der Waals surface area contributed by atoms with Gasteiger partial charge in [-0.05, 0) is 5.92 Å². The number of aliphatic hydroxyl groups excluding tert-OH is 2. The van der Waals surface area contributed by atoms with Crippen molar-refractivity contribution < 1.29 is 10.2 Å². The van der Waals surface area contributed by atoms with Crippen molar-refractivity contribution in [2.45, 2.75) is 19.3 Å². The summed E-state index contributed by atoms with van der Waals surface area (Å²) in [5.74, 6) is 0.777. The third kappa shape index (κ3) is 1.43. The second kappa shape index (κ2) is 3.18.